The van der Waals surface area contributed by atoms with Gasteiger partial charge in [-0.1, -0.05) is 188 Å². The Labute approximate surface area is 593 Å². The van der Waals surface area contributed by atoms with Crippen LogP contribution in [0.15, 0.2) is 229 Å². The summed E-state index contributed by atoms with van der Waals surface area (Å²) in [5.74, 6) is 2.07. The van der Waals surface area contributed by atoms with E-state index in [1.807, 2.05) is 194 Å². The number of benzene rings is 11. The number of hydrogen-bond acceptors (Lipinski definition) is 17. The van der Waals surface area contributed by atoms with Crippen LogP contribution in [0.4, 0.5) is 0 Å². The van der Waals surface area contributed by atoms with Gasteiger partial charge in [-0.05, 0) is 79.5 Å². The monoisotopic (exact) mass is 1380 g/mol. The average molecular weight is 1380 g/mol. The summed E-state index contributed by atoms with van der Waals surface area (Å²) in [4.78, 5) is 61.7. The molecule has 103 heavy (non-hydrogen) atoms. The van der Waals surface area contributed by atoms with Gasteiger partial charge in [-0.3, -0.25) is 24.0 Å². The third-order valence-corrected chi connectivity index (χ3v) is 17.8. The van der Waals surface area contributed by atoms with Gasteiger partial charge in [-0.25, -0.2) is 0 Å². The number of carbonyl (C=O) groups is 5. The molecule has 1 unspecified atom stereocenters. The number of methoxy groups -OCH3 is 1. The Balaban J connectivity index is 0.000000122. The zero-order valence-electron chi connectivity index (χ0n) is 56.4. The quantitative estimate of drug-likeness (QED) is 0.0365. The molecule has 6 N–H and O–H groups in total. The van der Waals surface area contributed by atoms with E-state index in [4.69, 9.17) is 48.8 Å². The molecule has 16 rings (SSSR count). The molecule has 11 aromatic carbocycles. The van der Waals surface area contributed by atoms with Crippen LogP contribution in [-0.2, 0) is 25.6 Å². The Hall–Kier alpha value is -11.4. The first-order valence-corrected chi connectivity index (χ1v) is 33.7. The molecule has 5 aliphatic carbocycles. The van der Waals surface area contributed by atoms with Gasteiger partial charge >= 0.3 is 0 Å². The Morgan fingerprint density at radius 1 is 0.359 bits per heavy atom. The second-order valence-electron chi connectivity index (χ2n) is 24.5. The first kappa shape index (κ1) is 71.5. The van der Waals surface area contributed by atoms with Crippen LogP contribution in [-0.4, -0.2) is 145 Å². The highest BCUT2D eigenvalue weighted by Crippen LogP contribution is 2.38. The summed E-state index contributed by atoms with van der Waals surface area (Å²) < 4.78 is 32.9. The van der Waals surface area contributed by atoms with Crippen LogP contribution in [0.5, 0.6) is 11.5 Å². The number of aliphatic hydroxyl groups is 6. The summed E-state index contributed by atoms with van der Waals surface area (Å²) in [6, 6.07) is 63.5. The first-order valence-electron chi connectivity index (χ1n) is 33.7. The zero-order chi connectivity index (χ0) is 71.9. The van der Waals surface area contributed by atoms with Crippen LogP contribution in [0.25, 0.3) is 83.6 Å². The molecule has 0 aliphatic heterocycles. The number of Topliss-reactive ketones (excluding diaryl/α,β-unsaturated/α-hetero) is 3. The number of rotatable bonds is 21. The molecule has 0 radical (unpaired) electrons. The van der Waals surface area contributed by atoms with Crippen molar-refractivity contribution >= 4 is 113 Å². The largest absolute Gasteiger partial charge is 0.493 e. The molecular formula is C86H74O17. The molecule has 17 nitrogen and oxygen atoms in total. The van der Waals surface area contributed by atoms with Gasteiger partial charge in [0.05, 0.1) is 66.6 Å². The summed E-state index contributed by atoms with van der Waals surface area (Å²) in [7, 11) is 1.55. The fraction of sp³-hybridized carbons (Fsp3) is 0.174. The normalized spacial score (nSPS) is 13.7. The molecular weight excluding hydrogens is 1300 g/mol. The highest BCUT2D eigenvalue weighted by Gasteiger charge is 2.27. The third-order valence-electron chi connectivity index (χ3n) is 17.8. The maximum Gasteiger partial charge on any atom is 0.193 e. The third kappa shape index (κ3) is 15.8. The molecule has 520 valence electrons. The van der Waals surface area contributed by atoms with E-state index in [1.165, 1.54) is 12.2 Å². The van der Waals surface area contributed by atoms with Crippen LogP contribution in [0, 0.1) is 0 Å². The van der Waals surface area contributed by atoms with Crippen molar-refractivity contribution in [1.82, 2.24) is 0 Å². The summed E-state index contributed by atoms with van der Waals surface area (Å²) in [5.41, 5.74) is 10.8. The maximum atomic E-state index is 12.9. The molecule has 0 heterocycles. The minimum Gasteiger partial charge on any atom is -0.493 e. The van der Waals surface area contributed by atoms with Gasteiger partial charge in [-0.2, -0.15) is 0 Å². The lowest BCUT2D eigenvalue weighted by molar-refractivity contribution is 0.0131. The van der Waals surface area contributed by atoms with Crippen molar-refractivity contribution in [3.8, 4) is 11.5 Å². The van der Waals surface area contributed by atoms with E-state index in [-0.39, 0.29) is 81.8 Å². The second-order valence-corrected chi connectivity index (χ2v) is 24.5. The van der Waals surface area contributed by atoms with E-state index in [9.17, 15) is 34.2 Å². The van der Waals surface area contributed by atoms with Crippen molar-refractivity contribution in [3.05, 3.63) is 290 Å². The molecule has 0 amide bonds. The lowest BCUT2D eigenvalue weighted by Gasteiger charge is -2.18. The molecule has 17 heteroatoms. The predicted molar refractivity (Wildman–Crippen MR) is 398 cm³/mol. The standard InChI is InChI=1S/C22H18O4.2C17H16O4.C16H14O3.C14H10O2/c1-25-20-10-14(12-23)8-9-19(20)26-13-17-11-16-6-2-4-15-5-3-7-18(21(15)16)22(17)24;18-8-14(19)10-21-9-13-7-12-5-1-3-11-4-2-6-15(16(11)12)17(13)20;18-7-8-20-9-10-21-16-11-15(19)13-5-1-3-12-4-2-6-14(16)17(12)13;17-8-3-9-19-15-10-14(18)12-6-1-4-11-5-2-7-13(15)16(11)12;15-8-11-7-10-5-1-3-9-4-2-6-12(13(9)10)14(11)16/h2-11,23H,12-13H2,1H3;1-7,14,18-19H,8-10H2;1-6,11,18H,7-10H2;1-2,4-7,10,17H,3,8-9H2;1-7,15H,8H2. The lowest BCUT2D eigenvalue weighted by Crippen LogP contribution is -2.22. The molecule has 0 spiro atoms. The minimum atomic E-state index is -0.917. The van der Waals surface area contributed by atoms with E-state index in [0.717, 1.165) is 92.8 Å². The Bertz CT molecular complexity index is 5220. The Morgan fingerprint density at radius 3 is 1.21 bits per heavy atom. The topological polar surface area (TPSA) is 262 Å². The van der Waals surface area contributed by atoms with Crippen molar-refractivity contribution in [2.45, 2.75) is 19.1 Å². The number of aliphatic hydroxyl groups excluding tert-OH is 6. The van der Waals surface area contributed by atoms with Crippen molar-refractivity contribution in [3.63, 3.8) is 0 Å². The van der Waals surface area contributed by atoms with E-state index < -0.39 is 6.10 Å². The minimum absolute atomic E-state index is 0.00609. The molecule has 0 saturated carbocycles. The highest BCUT2D eigenvalue weighted by molar-refractivity contribution is 6.26. The van der Waals surface area contributed by atoms with Crippen molar-refractivity contribution in [2.75, 3.05) is 79.8 Å². The van der Waals surface area contributed by atoms with Crippen LogP contribution in [0.2, 0.25) is 0 Å². The predicted octanol–water partition coefficient (Wildman–Crippen LogP) is 13.4. The summed E-state index contributed by atoms with van der Waals surface area (Å²) in [5, 5.41) is 63.9. The van der Waals surface area contributed by atoms with Gasteiger partial charge in [0.25, 0.3) is 0 Å². The fourth-order valence-electron chi connectivity index (χ4n) is 13.0. The van der Waals surface area contributed by atoms with Gasteiger partial charge in [0, 0.05) is 108 Å². The van der Waals surface area contributed by atoms with Crippen molar-refractivity contribution in [1.29, 1.82) is 0 Å². The molecule has 0 aromatic heterocycles. The Kier molecular flexibility index (Phi) is 23.2. The van der Waals surface area contributed by atoms with Gasteiger partial charge < -0.3 is 59.1 Å². The van der Waals surface area contributed by atoms with Gasteiger partial charge in [0.1, 0.15) is 30.8 Å². The zero-order valence-corrected chi connectivity index (χ0v) is 56.4. The summed E-state index contributed by atoms with van der Waals surface area (Å²) in [6.45, 7) is 1.16. The molecule has 0 bridgehead atoms. The SMILES string of the molecule is COc1cc(CO)ccc1OCC1=Cc2cccc3cccc(c23)C1=O.O=C1C(CO)=Cc2cccc3cccc1c23.O=C1C(COCC(O)CO)=Cc2cccc3cccc1c23.O=C1C=C(OCCCO)c2cccc3cccc1c23.O=C1C=C(OCCOCCO)c2cccc3cccc1c23. The van der Waals surface area contributed by atoms with Crippen LogP contribution < -0.4 is 9.47 Å². The van der Waals surface area contributed by atoms with Crippen molar-refractivity contribution in [2.24, 2.45) is 0 Å². The number of ketones is 5. The molecule has 0 saturated heterocycles. The van der Waals surface area contributed by atoms with Crippen LogP contribution in [0.1, 0.15) is 91.6 Å². The average Bonchev–Trinajstić information content (AvgIpc) is 0.807. The van der Waals surface area contributed by atoms with Crippen LogP contribution in [0.3, 0.4) is 0 Å². The van der Waals surface area contributed by atoms with E-state index in [2.05, 4.69) is 0 Å². The lowest BCUT2D eigenvalue weighted by atomic mass is 9.88. The summed E-state index contributed by atoms with van der Waals surface area (Å²) >= 11 is 0. The van der Waals surface area contributed by atoms with Crippen LogP contribution >= 0.6 is 0 Å². The summed E-state index contributed by atoms with van der Waals surface area (Å²) in [6.07, 6.45) is 8.22. The van der Waals surface area contributed by atoms with E-state index in [1.54, 1.807) is 31.4 Å². The van der Waals surface area contributed by atoms with Gasteiger partial charge in [0.15, 0.2) is 40.4 Å². The first-order chi connectivity index (χ1) is 50.3. The number of allylic oxidation sites excluding steroid dienone is 2. The number of ether oxygens (including phenoxy) is 6. The second kappa shape index (κ2) is 33.4. The maximum absolute atomic E-state index is 12.9. The molecule has 0 fully saturated rings. The fourth-order valence-corrected chi connectivity index (χ4v) is 13.0. The molecule has 5 aliphatic rings. The van der Waals surface area contributed by atoms with Gasteiger partial charge in [-0.15, -0.1) is 0 Å². The van der Waals surface area contributed by atoms with Gasteiger partial charge in [0.2, 0.25) is 0 Å². The number of hydrogen-bond donors (Lipinski definition) is 6. The Morgan fingerprint density at radius 2 is 0.777 bits per heavy atom. The van der Waals surface area contributed by atoms with Crippen molar-refractivity contribution < 1.29 is 83.0 Å². The smallest absolute Gasteiger partial charge is 0.193 e. The van der Waals surface area contributed by atoms with E-state index in [0.29, 0.717) is 94.8 Å². The molecule has 11 aromatic rings. The van der Waals surface area contributed by atoms with E-state index >= 15 is 0 Å². The highest BCUT2D eigenvalue weighted by atomic mass is 16.5. The molecule has 1 atom stereocenters. The number of carbonyl (C=O) groups excluding carboxylic acids is 5.